The van der Waals surface area contributed by atoms with Crippen molar-refractivity contribution in [1.29, 1.82) is 5.41 Å². The Morgan fingerprint density at radius 2 is 1.58 bits per heavy atom. The van der Waals surface area contributed by atoms with Gasteiger partial charge in [0.25, 0.3) is 0 Å². The van der Waals surface area contributed by atoms with E-state index >= 15 is 0 Å². The van der Waals surface area contributed by atoms with Crippen LogP contribution in [-0.2, 0) is 19.0 Å². The maximum absolute atomic E-state index is 12.4. The number of methoxy groups -OCH3 is 1. The van der Waals surface area contributed by atoms with E-state index in [1.807, 2.05) is 4.90 Å². The zero-order valence-corrected chi connectivity index (χ0v) is 23.4. The van der Waals surface area contributed by atoms with E-state index in [1.54, 1.807) is 25.7 Å². The maximum Gasteiger partial charge on any atom is 0.414 e. The molecule has 13 heteroatoms. The van der Waals surface area contributed by atoms with Gasteiger partial charge in [-0.15, -0.1) is 0 Å². The highest BCUT2D eigenvalue weighted by Crippen LogP contribution is 2.15. The van der Waals surface area contributed by atoms with Crippen LogP contribution >= 0.6 is 0 Å². The molecule has 38 heavy (non-hydrogen) atoms. The lowest BCUT2D eigenvalue weighted by atomic mass is 10.2. The average molecular weight is 540 g/mol. The summed E-state index contributed by atoms with van der Waals surface area (Å²) in [6, 6.07) is 0. The molecule has 0 aromatic carbocycles. The van der Waals surface area contributed by atoms with Crippen LogP contribution in [0.25, 0.3) is 0 Å². The van der Waals surface area contributed by atoms with E-state index in [0.717, 1.165) is 65.3 Å². The quantitative estimate of drug-likeness (QED) is 0.184. The van der Waals surface area contributed by atoms with Gasteiger partial charge in [0, 0.05) is 78.4 Å². The van der Waals surface area contributed by atoms with Crippen molar-refractivity contribution in [2.45, 2.75) is 45.3 Å². The average Bonchev–Trinajstić information content (AvgIpc) is 3.21. The van der Waals surface area contributed by atoms with Crippen LogP contribution in [0.2, 0.25) is 0 Å². The van der Waals surface area contributed by atoms with Crippen LogP contribution in [0.3, 0.4) is 0 Å². The van der Waals surface area contributed by atoms with Gasteiger partial charge in [-0.2, -0.15) is 0 Å². The standard InChI is InChI=1S/C25H45N7O6/c1-25(2,3)38-23(34)27-22(26)31-15-12-29(13-16-31)14-17-32-19-20(37-24(32)35)18-30-10-8-28(9-11-30)7-5-6-21(33)36-4/h20H,5-19H2,1-4H3,(H2,26,27,34). The molecule has 0 spiro atoms. The number of carbonyl (C=O) groups is 3. The molecule has 0 bridgehead atoms. The van der Waals surface area contributed by atoms with Gasteiger partial charge in [0.15, 0.2) is 0 Å². The predicted octanol–water partition coefficient (Wildman–Crippen LogP) is 0.455. The van der Waals surface area contributed by atoms with Crippen molar-refractivity contribution in [3.63, 3.8) is 0 Å². The summed E-state index contributed by atoms with van der Waals surface area (Å²) in [5.74, 6) is -0.113. The van der Waals surface area contributed by atoms with E-state index in [1.165, 1.54) is 7.11 Å². The van der Waals surface area contributed by atoms with Gasteiger partial charge in [-0.1, -0.05) is 0 Å². The normalized spacial score (nSPS) is 21.8. The topological polar surface area (TPSA) is 131 Å². The number of piperazine rings is 2. The van der Waals surface area contributed by atoms with E-state index < -0.39 is 11.7 Å². The van der Waals surface area contributed by atoms with Crippen molar-refractivity contribution < 1.29 is 28.6 Å². The summed E-state index contributed by atoms with van der Waals surface area (Å²) in [4.78, 5) is 46.2. The number of nitrogens with one attached hydrogen (secondary N) is 2. The van der Waals surface area contributed by atoms with E-state index in [2.05, 4.69) is 20.0 Å². The van der Waals surface area contributed by atoms with Crippen LogP contribution < -0.4 is 5.32 Å². The van der Waals surface area contributed by atoms with Crippen molar-refractivity contribution in [3.05, 3.63) is 0 Å². The van der Waals surface area contributed by atoms with Gasteiger partial charge in [-0.05, 0) is 33.7 Å². The number of nitrogens with zero attached hydrogens (tertiary/aromatic N) is 5. The third kappa shape index (κ3) is 9.91. The lowest BCUT2D eigenvalue weighted by molar-refractivity contribution is -0.140. The van der Waals surface area contributed by atoms with Crippen molar-refractivity contribution in [2.75, 3.05) is 92.2 Å². The number of esters is 1. The molecule has 3 heterocycles. The van der Waals surface area contributed by atoms with Crippen molar-refractivity contribution in [3.8, 4) is 0 Å². The van der Waals surface area contributed by atoms with Gasteiger partial charge in [0.1, 0.15) is 11.7 Å². The van der Waals surface area contributed by atoms with E-state index in [-0.39, 0.29) is 24.1 Å². The Morgan fingerprint density at radius 1 is 0.974 bits per heavy atom. The number of ether oxygens (including phenoxy) is 3. The molecule has 216 valence electrons. The number of rotatable bonds is 9. The molecule has 3 aliphatic heterocycles. The Balaban J connectivity index is 1.28. The number of amides is 2. The maximum atomic E-state index is 12.4. The first-order valence-electron chi connectivity index (χ1n) is 13.6. The summed E-state index contributed by atoms with van der Waals surface area (Å²) < 4.78 is 15.6. The molecule has 3 fully saturated rings. The van der Waals surface area contributed by atoms with Crippen LogP contribution in [0.4, 0.5) is 9.59 Å². The second-order valence-electron chi connectivity index (χ2n) is 11.1. The second kappa shape index (κ2) is 13.9. The van der Waals surface area contributed by atoms with E-state index in [9.17, 15) is 14.4 Å². The van der Waals surface area contributed by atoms with Crippen LogP contribution in [0.5, 0.6) is 0 Å². The number of alkyl carbamates (subject to hydrolysis) is 1. The number of hydrogen-bond acceptors (Lipinski definition) is 10. The second-order valence-corrected chi connectivity index (χ2v) is 11.1. The molecule has 1 atom stereocenters. The first-order valence-corrected chi connectivity index (χ1v) is 13.6. The Morgan fingerprint density at radius 3 is 2.21 bits per heavy atom. The lowest BCUT2D eigenvalue weighted by Gasteiger charge is -2.36. The number of carbonyl (C=O) groups excluding carboxylic acids is 3. The summed E-state index contributed by atoms with van der Waals surface area (Å²) in [5, 5.41) is 10.6. The summed E-state index contributed by atoms with van der Waals surface area (Å²) in [7, 11) is 1.42. The SMILES string of the molecule is COC(=O)CCCN1CCN(CC2CN(CCN3CCN(C(=N)NC(=O)OC(C)(C)C)CC3)C(=O)O2)CC1. The minimum absolute atomic E-state index is 0.0480. The molecule has 3 aliphatic rings. The Kier molecular flexibility index (Phi) is 11.0. The van der Waals surface area contributed by atoms with Crippen LogP contribution in [0.1, 0.15) is 33.6 Å². The molecule has 2 amide bonds. The molecule has 2 N–H and O–H groups in total. The molecule has 0 aromatic rings. The fourth-order valence-corrected chi connectivity index (χ4v) is 4.82. The van der Waals surface area contributed by atoms with Gasteiger partial charge >= 0.3 is 18.2 Å². The largest absolute Gasteiger partial charge is 0.469 e. The fourth-order valence-electron chi connectivity index (χ4n) is 4.82. The molecule has 3 saturated heterocycles. The van der Waals surface area contributed by atoms with Gasteiger partial charge in [-0.25, -0.2) is 9.59 Å². The first-order chi connectivity index (χ1) is 18.0. The molecule has 13 nitrogen and oxygen atoms in total. The molecule has 3 rings (SSSR count). The van der Waals surface area contributed by atoms with Crippen molar-refractivity contribution in [1.82, 2.24) is 29.8 Å². The predicted molar refractivity (Wildman–Crippen MR) is 141 cm³/mol. The fraction of sp³-hybridized carbons (Fsp3) is 0.840. The van der Waals surface area contributed by atoms with Gasteiger partial charge in [0.05, 0.1) is 13.7 Å². The summed E-state index contributed by atoms with van der Waals surface area (Å²) in [6.45, 7) is 15.4. The third-order valence-electron chi connectivity index (χ3n) is 6.95. The smallest absolute Gasteiger partial charge is 0.414 e. The van der Waals surface area contributed by atoms with E-state index in [0.29, 0.717) is 32.6 Å². The number of guanidine groups is 1. The number of hydrogen-bond donors (Lipinski definition) is 2. The number of cyclic esters (lactones) is 1. The molecular weight excluding hydrogens is 494 g/mol. The minimum Gasteiger partial charge on any atom is -0.469 e. The van der Waals surface area contributed by atoms with Crippen molar-refractivity contribution in [2.24, 2.45) is 0 Å². The minimum atomic E-state index is -0.621. The zero-order chi connectivity index (χ0) is 27.7. The van der Waals surface area contributed by atoms with Crippen LogP contribution in [0.15, 0.2) is 0 Å². The zero-order valence-electron chi connectivity index (χ0n) is 23.4. The van der Waals surface area contributed by atoms with Crippen molar-refractivity contribution >= 4 is 24.1 Å². The monoisotopic (exact) mass is 539 g/mol. The summed E-state index contributed by atoms with van der Waals surface area (Å²) >= 11 is 0. The summed E-state index contributed by atoms with van der Waals surface area (Å²) in [5.41, 5.74) is -0.610. The van der Waals surface area contributed by atoms with Crippen LogP contribution in [-0.4, -0.2) is 153 Å². The highest BCUT2D eigenvalue weighted by molar-refractivity contribution is 5.92. The van der Waals surface area contributed by atoms with Gasteiger partial charge < -0.3 is 28.9 Å². The summed E-state index contributed by atoms with van der Waals surface area (Å²) in [6.07, 6.45) is 0.269. The Hall–Kier alpha value is -2.64. The Bertz CT molecular complexity index is 820. The van der Waals surface area contributed by atoms with Gasteiger partial charge in [0.2, 0.25) is 5.96 Å². The van der Waals surface area contributed by atoms with E-state index in [4.69, 9.17) is 19.6 Å². The molecular formula is C25H45N7O6. The molecule has 0 aromatic heterocycles. The molecule has 0 aliphatic carbocycles. The molecule has 0 saturated carbocycles. The third-order valence-corrected chi connectivity index (χ3v) is 6.95. The lowest BCUT2D eigenvalue weighted by Crippen LogP contribution is -2.54. The molecule has 0 radical (unpaired) electrons. The first kappa shape index (κ1) is 29.9. The highest BCUT2D eigenvalue weighted by atomic mass is 16.6. The Labute approximate surface area is 225 Å². The molecule has 1 unspecified atom stereocenters. The highest BCUT2D eigenvalue weighted by Gasteiger charge is 2.33. The van der Waals surface area contributed by atoms with Crippen LogP contribution in [0, 0.1) is 5.41 Å². The van der Waals surface area contributed by atoms with Gasteiger partial charge in [-0.3, -0.25) is 25.3 Å².